The first-order valence-corrected chi connectivity index (χ1v) is 5.97. The maximum absolute atomic E-state index is 11.8. The molecule has 0 bridgehead atoms. The van der Waals surface area contributed by atoms with Gasteiger partial charge in [-0.1, -0.05) is 19.1 Å². The van der Waals surface area contributed by atoms with Gasteiger partial charge in [-0.05, 0) is 13.3 Å². The Hall–Kier alpha value is -2.02. The van der Waals surface area contributed by atoms with E-state index in [1.54, 1.807) is 23.3 Å². The van der Waals surface area contributed by atoms with Crippen LogP contribution in [0.3, 0.4) is 0 Å². The minimum Gasteiger partial charge on any atom is -0.369 e. The fourth-order valence-corrected chi connectivity index (χ4v) is 1.24. The minimum atomic E-state index is -0.343. The molecule has 1 N–H and O–H groups in total. The van der Waals surface area contributed by atoms with Crippen molar-refractivity contribution in [3.05, 3.63) is 37.1 Å². The first-order chi connectivity index (χ1) is 8.58. The molecule has 0 spiro atoms. The Balaban J connectivity index is 4.81. The summed E-state index contributed by atoms with van der Waals surface area (Å²) in [4.78, 5) is 13.6. The fraction of sp³-hybridized carbons (Fsp3) is 0.429. The zero-order chi connectivity index (χ0) is 14.0. The van der Waals surface area contributed by atoms with Gasteiger partial charge in [0.05, 0.1) is 0 Å². The van der Waals surface area contributed by atoms with Crippen molar-refractivity contribution in [2.75, 3.05) is 13.1 Å². The molecule has 0 fully saturated rings. The van der Waals surface area contributed by atoms with Gasteiger partial charge in [0.2, 0.25) is 0 Å². The highest BCUT2D eigenvalue weighted by Gasteiger charge is 2.12. The van der Waals surface area contributed by atoms with E-state index in [1.807, 2.05) is 19.9 Å². The molecule has 0 aromatic carbocycles. The fourth-order valence-electron chi connectivity index (χ4n) is 1.24. The third kappa shape index (κ3) is 5.90. The van der Waals surface area contributed by atoms with Crippen molar-refractivity contribution in [1.29, 1.82) is 5.26 Å². The molecule has 0 radical (unpaired) electrons. The van der Waals surface area contributed by atoms with E-state index in [1.165, 1.54) is 0 Å². The summed E-state index contributed by atoms with van der Waals surface area (Å²) in [5, 5.41) is 11.8. The summed E-state index contributed by atoms with van der Waals surface area (Å²) in [6.45, 7) is 12.3. The highest BCUT2D eigenvalue weighted by molar-refractivity contribution is 5.97. The number of carbonyl (C=O) groups is 1. The molecule has 0 aliphatic carbocycles. The van der Waals surface area contributed by atoms with Crippen molar-refractivity contribution >= 4 is 5.91 Å². The molecular weight excluding hydrogens is 226 g/mol. The van der Waals surface area contributed by atoms with Gasteiger partial charge in [-0.3, -0.25) is 4.79 Å². The first kappa shape index (κ1) is 16.0. The van der Waals surface area contributed by atoms with Gasteiger partial charge in [-0.15, -0.1) is 13.2 Å². The van der Waals surface area contributed by atoms with Crippen molar-refractivity contribution in [1.82, 2.24) is 10.2 Å². The molecular formula is C14H21N3O. The smallest absolute Gasteiger partial charge is 0.263 e. The maximum atomic E-state index is 11.8. The monoisotopic (exact) mass is 247 g/mol. The van der Waals surface area contributed by atoms with E-state index in [9.17, 15) is 4.79 Å². The van der Waals surface area contributed by atoms with E-state index in [0.717, 1.165) is 6.42 Å². The van der Waals surface area contributed by atoms with E-state index in [-0.39, 0.29) is 17.5 Å². The van der Waals surface area contributed by atoms with Crippen LogP contribution in [0.25, 0.3) is 0 Å². The second kappa shape index (κ2) is 9.06. The predicted molar refractivity (Wildman–Crippen MR) is 73.6 cm³/mol. The molecule has 4 heteroatoms. The average molecular weight is 247 g/mol. The number of nitrogens with zero attached hydrogens (tertiary/aromatic N) is 2. The molecule has 0 saturated heterocycles. The van der Waals surface area contributed by atoms with Crippen molar-refractivity contribution in [3.63, 3.8) is 0 Å². The van der Waals surface area contributed by atoms with Gasteiger partial charge in [0.1, 0.15) is 11.6 Å². The van der Waals surface area contributed by atoms with Gasteiger partial charge in [0, 0.05) is 25.3 Å². The SMILES string of the molecule is C=CCN(/C=C(/C#N)C(=O)NC(C)CC)CC=C. The van der Waals surface area contributed by atoms with Crippen LogP contribution >= 0.6 is 0 Å². The van der Waals surface area contributed by atoms with Gasteiger partial charge >= 0.3 is 0 Å². The van der Waals surface area contributed by atoms with E-state index in [4.69, 9.17) is 5.26 Å². The summed E-state index contributed by atoms with van der Waals surface area (Å²) < 4.78 is 0. The number of nitriles is 1. The predicted octanol–water partition coefficient (Wildman–Crippen LogP) is 1.98. The standard InChI is InChI=1S/C14H21N3O/c1-5-8-17(9-6-2)11-13(10-15)14(18)16-12(4)7-3/h5-6,11-12H,1-2,7-9H2,3-4H3,(H,16,18)/b13-11-. The van der Waals surface area contributed by atoms with E-state index in [0.29, 0.717) is 13.1 Å². The van der Waals surface area contributed by atoms with Crippen LogP contribution < -0.4 is 5.32 Å². The van der Waals surface area contributed by atoms with Crippen LogP contribution in [-0.2, 0) is 4.79 Å². The Morgan fingerprint density at radius 1 is 1.44 bits per heavy atom. The second-order valence-electron chi connectivity index (χ2n) is 3.97. The van der Waals surface area contributed by atoms with Crippen LogP contribution in [0.1, 0.15) is 20.3 Å². The zero-order valence-electron chi connectivity index (χ0n) is 11.1. The molecule has 0 aliphatic rings. The topological polar surface area (TPSA) is 56.1 Å². The lowest BCUT2D eigenvalue weighted by atomic mass is 10.2. The number of hydrogen-bond donors (Lipinski definition) is 1. The van der Waals surface area contributed by atoms with Crippen LogP contribution in [0.15, 0.2) is 37.1 Å². The first-order valence-electron chi connectivity index (χ1n) is 5.97. The lowest BCUT2D eigenvalue weighted by molar-refractivity contribution is -0.117. The Morgan fingerprint density at radius 2 is 2.00 bits per heavy atom. The van der Waals surface area contributed by atoms with E-state index >= 15 is 0 Å². The van der Waals surface area contributed by atoms with Gasteiger partial charge in [0.15, 0.2) is 0 Å². The molecule has 1 amide bonds. The van der Waals surface area contributed by atoms with Gasteiger partial charge < -0.3 is 10.2 Å². The van der Waals surface area contributed by atoms with E-state index < -0.39 is 0 Å². The number of nitrogens with one attached hydrogen (secondary N) is 1. The number of hydrogen-bond acceptors (Lipinski definition) is 3. The largest absolute Gasteiger partial charge is 0.369 e. The molecule has 4 nitrogen and oxygen atoms in total. The van der Waals surface area contributed by atoms with Crippen molar-refractivity contribution in [2.24, 2.45) is 0 Å². The van der Waals surface area contributed by atoms with Gasteiger partial charge in [0.25, 0.3) is 5.91 Å². The highest BCUT2D eigenvalue weighted by atomic mass is 16.1. The zero-order valence-corrected chi connectivity index (χ0v) is 11.1. The van der Waals surface area contributed by atoms with Crippen molar-refractivity contribution < 1.29 is 4.79 Å². The Kier molecular flexibility index (Phi) is 8.04. The minimum absolute atomic E-state index is 0.0570. The third-order valence-electron chi connectivity index (χ3n) is 2.39. The quantitative estimate of drug-likeness (QED) is 0.405. The lowest BCUT2D eigenvalue weighted by Gasteiger charge is -2.17. The Bertz CT molecular complexity index is 356. The van der Waals surface area contributed by atoms with E-state index in [2.05, 4.69) is 18.5 Å². The third-order valence-corrected chi connectivity index (χ3v) is 2.39. The average Bonchev–Trinajstić information content (AvgIpc) is 2.35. The van der Waals surface area contributed by atoms with Gasteiger partial charge in [-0.2, -0.15) is 5.26 Å². The van der Waals surface area contributed by atoms with Crippen LogP contribution in [0.2, 0.25) is 0 Å². The molecule has 0 heterocycles. The second-order valence-corrected chi connectivity index (χ2v) is 3.97. The molecule has 1 unspecified atom stereocenters. The maximum Gasteiger partial charge on any atom is 0.263 e. The summed E-state index contributed by atoms with van der Waals surface area (Å²) in [6.07, 6.45) is 5.79. The summed E-state index contributed by atoms with van der Waals surface area (Å²) in [7, 11) is 0. The molecule has 0 saturated carbocycles. The molecule has 0 aromatic heterocycles. The van der Waals surface area contributed by atoms with Crippen LogP contribution in [0.5, 0.6) is 0 Å². The van der Waals surface area contributed by atoms with Crippen LogP contribution in [-0.4, -0.2) is 29.9 Å². The molecule has 0 aliphatic heterocycles. The van der Waals surface area contributed by atoms with Crippen LogP contribution in [0, 0.1) is 11.3 Å². The molecule has 0 rings (SSSR count). The lowest BCUT2D eigenvalue weighted by Crippen LogP contribution is -2.33. The summed E-state index contributed by atoms with van der Waals surface area (Å²) >= 11 is 0. The number of amides is 1. The molecule has 1 atom stereocenters. The van der Waals surface area contributed by atoms with Gasteiger partial charge in [-0.25, -0.2) is 0 Å². The summed E-state index contributed by atoms with van der Waals surface area (Å²) in [6, 6.07) is 1.97. The number of carbonyl (C=O) groups excluding carboxylic acids is 1. The molecule has 0 aromatic rings. The van der Waals surface area contributed by atoms with Crippen LogP contribution in [0.4, 0.5) is 0 Å². The summed E-state index contributed by atoms with van der Waals surface area (Å²) in [5.74, 6) is -0.343. The number of rotatable bonds is 8. The Labute approximate surface area is 109 Å². The highest BCUT2D eigenvalue weighted by Crippen LogP contribution is 2.00. The van der Waals surface area contributed by atoms with Crippen molar-refractivity contribution in [2.45, 2.75) is 26.3 Å². The summed E-state index contributed by atoms with van der Waals surface area (Å²) in [5.41, 5.74) is 0.0963. The molecule has 98 valence electrons. The normalized spacial score (nSPS) is 12.2. The van der Waals surface area contributed by atoms with Crippen molar-refractivity contribution in [3.8, 4) is 6.07 Å². The Morgan fingerprint density at radius 3 is 2.39 bits per heavy atom. The molecule has 18 heavy (non-hydrogen) atoms.